The van der Waals surface area contributed by atoms with Gasteiger partial charge in [-0.25, -0.2) is 4.79 Å². The zero-order valence-electron chi connectivity index (χ0n) is 18.1. The molecule has 0 saturated carbocycles. The number of benzene rings is 2. The first-order valence-electron chi connectivity index (χ1n) is 10.9. The molecule has 4 nitrogen and oxygen atoms in total. The lowest BCUT2D eigenvalue weighted by molar-refractivity contribution is 0.175. The van der Waals surface area contributed by atoms with Gasteiger partial charge in [0.15, 0.2) is 0 Å². The van der Waals surface area contributed by atoms with Gasteiger partial charge in [0.05, 0.1) is 0 Å². The van der Waals surface area contributed by atoms with Crippen LogP contribution in [0.3, 0.4) is 0 Å². The highest BCUT2D eigenvalue weighted by molar-refractivity contribution is 5.87. The Hall–Kier alpha value is -2.49. The molecule has 0 radical (unpaired) electrons. The molecule has 0 spiro atoms. The molecule has 2 aromatic carbocycles. The van der Waals surface area contributed by atoms with Gasteiger partial charge in [-0.3, -0.25) is 0 Å². The fraction of sp³-hybridized carbons (Fsp3) is 0.480. The second kappa shape index (κ2) is 8.48. The monoisotopic (exact) mass is 394 g/mol. The summed E-state index contributed by atoms with van der Waals surface area (Å²) in [5.41, 5.74) is 3.22. The maximum Gasteiger partial charge on any atom is 0.315 e. The number of hydrogen-bond acceptors (Lipinski definition) is 2. The standard InChI is InChI=1S/C25H34N2O2/c1-5-7-8-12-17-24(3,4)25(27-23(29)26-6-2)21-19(15-16-20(28)22(21)25)18-13-10-9-11-14-18/h9-11,13-16,28H,5-8,12,17H2,1-4H3,(H2,26,27,29). The third-order valence-electron chi connectivity index (χ3n) is 6.26. The summed E-state index contributed by atoms with van der Waals surface area (Å²) in [7, 11) is 0. The van der Waals surface area contributed by atoms with Crippen LogP contribution >= 0.6 is 0 Å². The van der Waals surface area contributed by atoms with E-state index in [-0.39, 0.29) is 17.2 Å². The third-order valence-corrected chi connectivity index (χ3v) is 6.26. The van der Waals surface area contributed by atoms with Gasteiger partial charge in [0.25, 0.3) is 0 Å². The molecule has 0 aliphatic heterocycles. The molecular weight excluding hydrogens is 360 g/mol. The lowest BCUT2D eigenvalue weighted by Gasteiger charge is -2.37. The summed E-state index contributed by atoms with van der Waals surface area (Å²) in [6.45, 7) is 9.10. The number of carbonyl (C=O) groups excluding carboxylic acids is 1. The van der Waals surface area contributed by atoms with Crippen molar-refractivity contribution in [3.05, 3.63) is 53.6 Å². The van der Waals surface area contributed by atoms with E-state index in [1.54, 1.807) is 6.07 Å². The summed E-state index contributed by atoms with van der Waals surface area (Å²) in [5, 5.41) is 16.9. The average molecular weight is 395 g/mol. The first-order chi connectivity index (χ1) is 13.9. The van der Waals surface area contributed by atoms with Crippen LogP contribution in [0.5, 0.6) is 5.75 Å². The largest absolute Gasteiger partial charge is 0.508 e. The molecule has 1 unspecified atom stereocenters. The number of amides is 2. The lowest BCUT2D eigenvalue weighted by Crippen LogP contribution is -2.50. The highest BCUT2D eigenvalue weighted by atomic mass is 16.3. The molecule has 0 fully saturated rings. The Morgan fingerprint density at radius 1 is 1.00 bits per heavy atom. The fourth-order valence-electron chi connectivity index (χ4n) is 4.65. The number of phenols is 1. The van der Waals surface area contributed by atoms with Gasteiger partial charge in [-0.15, -0.1) is 0 Å². The molecule has 0 saturated heterocycles. The van der Waals surface area contributed by atoms with Crippen LogP contribution in [-0.4, -0.2) is 17.7 Å². The van der Waals surface area contributed by atoms with Gasteiger partial charge in [-0.05, 0) is 36.0 Å². The number of fused-ring (bicyclic) bond motifs is 1. The number of phenolic OH excluding ortho intramolecular Hbond substituents is 1. The molecule has 2 aromatic rings. The van der Waals surface area contributed by atoms with E-state index < -0.39 is 5.54 Å². The van der Waals surface area contributed by atoms with Gasteiger partial charge in [0.2, 0.25) is 0 Å². The summed E-state index contributed by atoms with van der Waals surface area (Å²) >= 11 is 0. The Morgan fingerprint density at radius 3 is 2.38 bits per heavy atom. The van der Waals surface area contributed by atoms with E-state index in [0.717, 1.165) is 35.1 Å². The molecule has 3 rings (SSSR count). The fourth-order valence-corrected chi connectivity index (χ4v) is 4.65. The second-order valence-electron chi connectivity index (χ2n) is 8.68. The van der Waals surface area contributed by atoms with E-state index in [0.29, 0.717) is 6.54 Å². The molecule has 1 aliphatic rings. The lowest BCUT2D eigenvalue weighted by atomic mass is 9.74. The number of nitrogens with one attached hydrogen (secondary N) is 2. The number of urea groups is 1. The number of hydrogen-bond donors (Lipinski definition) is 3. The molecule has 1 atom stereocenters. The van der Waals surface area contributed by atoms with Gasteiger partial charge >= 0.3 is 6.03 Å². The van der Waals surface area contributed by atoms with E-state index in [4.69, 9.17) is 0 Å². The topological polar surface area (TPSA) is 61.4 Å². The predicted octanol–water partition coefficient (Wildman–Crippen LogP) is 5.93. The Kier molecular flexibility index (Phi) is 6.21. The highest BCUT2D eigenvalue weighted by Crippen LogP contribution is 2.65. The molecule has 1 aliphatic carbocycles. The Balaban J connectivity index is 2.03. The van der Waals surface area contributed by atoms with E-state index in [2.05, 4.69) is 43.5 Å². The first kappa shape index (κ1) is 21.2. The summed E-state index contributed by atoms with van der Waals surface area (Å²) in [5.74, 6) is 0.262. The van der Waals surface area contributed by atoms with Gasteiger partial charge in [0.1, 0.15) is 11.3 Å². The van der Waals surface area contributed by atoms with Gasteiger partial charge in [0, 0.05) is 17.7 Å². The van der Waals surface area contributed by atoms with Crippen molar-refractivity contribution in [2.75, 3.05) is 6.54 Å². The molecule has 4 heteroatoms. The van der Waals surface area contributed by atoms with Crippen molar-refractivity contribution < 1.29 is 9.90 Å². The van der Waals surface area contributed by atoms with Crippen LogP contribution in [-0.2, 0) is 5.54 Å². The number of rotatable bonds is 9. The van der Waals surface area contributed by atoms with E-state index in [1.807, 2.05) is 31.2 Å². The van der Waals surface area contributed by atoms with E-state index >= 15 is 0 Å². The number of aromatic hydroxyl groups is 1. The summed E-state index contributed by atoms with van der Waals surface area (Å²) < 4.78 is 0. The van der Waals surface area contributed by atoms with Crippen molar-refractivity contribution in [1.82, 2.24) is 10.6 Å². The minimum Gasteiger partial charge on any atom is -0.508 e. The molecule has 0 heterocycles. The van der Waals surface area contributed by atoms with Crippen molar-refractivity contribution in [3.8, 4) is 16.9 Å². The SMILES string of the molecule is CCCCCCC(C)(C)C1(NC(=O)NCC)c2c(O)ccc(-c3ccccc3)c21. The molecule has 2 amide bonds. The Bertz CT molecular complexity index is 861. The van der Waals surface area contributed by atoms with Crippen LogP contribution in [0.4, 0.5) is 4.79 Å². The summed E-state index contributed by atoms with van der Waals surface area (Å²) in [6, 6.07) is 13.7. The molecular formula is C25H34N2O2. The second-order valence-corrected chi connectivity index (χ2v) is 8.68. The van der Waals surface area contributed by atoms with Crippen LogP contribution < -0.4 is 10.6 Å². The Labute approximate surface area is 174 Å². The van der Waals surface area contributed by atoms with Crippen molar-refractivity contribution in [1.29, 1.82) is 0 Å². The minimum absolute atomic E-state index is 0.191. The van der Waals surface area contributed by atoms with Crippen LogP contribution in [0.1, 0.15) is 70.9 Å². The van der Waals surface area contributed by atoms with Crippen LogP contribution in [0.25, 0.3) is 11.1 Å². The van der Waals surface area contributed by atoms with Crippen molar-refractivity contribution in [2.45, 2.75) is 65.3 Å². The highest BCUT2D eigenvalue weighted by Gasteiger charge is 2.63. The minimum atomic E-state index is -0.656. The molecule has 3 N–H and O–H groups in total. The van der Waals surface area contributed by atoms with Gasteiger partial charge in [-0.1, -0.05) is 82.9 Å². The maximum atomic E-state index is 12.6. The van der Waals surface area contributed by atoms with Crippen molar-refractivity contribution >= 4 is 6.03 Å². The molecule has 156 valence electrons. The van der Waals surface area contributed by atoms with Crippen molar-refractivity contribution in [2.24, 2.45) is 5.41 Å². The summed E-state index contributed by atoms with van der Waals surface area (Å²) in [6.07, 6.45) is 5.68. The van der Waals surface area contributed by atoms with Crippen LogP contribution in [0.15, 0.2) is 42.5 Å². The molecule has 29 heavy (non-hydrogen) atoms. The zero-order valence-corrected chi connectivity index (χ0v) is 18.1. The predicted molar refractivity (Wildman–Crippen MR) is 119 cm³/mol. The number of carbonyl (C=O) groups is 1. The molecule has 0 aromatic heterocycles. The number of unbranched alkanes of at least 4 members (excludes halogenated alkanes) is 3. The van der Waals surface area contributed by atoms with Crippen LogP contribution in [0.2, 0.25) is 0 Å². The van der Waals surface area contributed by atoms with Crippen molar-refractivity contribution in [3.63, 3.8) is 0 Å². The van der Waals surface area contributed by atoms with Crippen LogP contribution in [0, 0.1) is 5.41 Å². The third kappa shape index (κ3) is 3.85. The quantitative estimate of drug-likeness (QED) is 0.462. The van der Waals surface area contributed by atoms with Gasteiger partial charge < -0.3 is 15.7 Å². The zero-order chi connectivity index (χ0) is 21.1. The Morgan fingerprint density at radius 2 is 1.72 bits per heavy atom. The average Bonchev–Trinajstić information content (AvgIpc) is 3.38. The summed E-state index contributed by atoms with van der Waals surface area (Å²) in [4.78, 5) is 12.6. The van der Waals surface area contributed by atoms with E-state index in [1.165, 1.54) is 19.3 Å². The smallest absolute Gasteiger partial charge is 0.315 e. The molecule has 0 bridgehead atoms. The van der Waals surface area contributed by atoms with E-state index in [9.17, 15) is 9.90 Å². The normalized spacial score (nSPS) is 17.5. The maximum absolute atomic E-state index is 12.6. The first-order valence-corrected chi connectivity index (χ1v) is 10.9. The van der Waals surface area contributed by atoms with Gasteiger partial charge in [-0.2, -0.15) is 0 Å².